The number of likely N-dealkylation sites (tertiary alicyclic amines) is 2. The Kier molecular flexibility index (Phi) is 7.77. The number of nitrogens with one attached hydrogen (secondary N) is 2. The predicted octanol–water partition coefficient (Wildman–Crippen LogP) is 4.23. The van der Waals surface area contributed by atoms with Gasteiger partial charge in [-0.25, -0.2) is 4.79 Å². The van der Waals surface area contributed by atoms with Crippen molar-refractivity contribution >= 4 is 17.6 Å². The van der Waals surface area contributed by atoms with Crippen molar-refractivity contribution in [2.24, 2.45) is 5.92 Å². The Balaban J connectivity index is 1.23. The first kappa shape index (κ1) is 22.3. The van der Waals surface area contributed by atoms with Gasteiger partial charge in [-0.15, -0.1) is 0 Å². The van der Waals surface area contributed by atoms with Crippen LogP contribution in [0.4, 0.5) is 10.5 Å². The van der Waals surface area contributed by atoms with Crippen molar-refractivity contribution in [2.75, 3.05) is 31.5 Å². The summed E-state index contributed by atoms with van der Waals surface area (Å²) in [6, 6.07) is 17.9. The molecule has 0 aliphatic carbocycles. The van der Waals surface area contributed by atoms with E-state index < -0.39 is 0 Å². The Labute approximate surface area is 191 Å². The molecule has 0 spiro atoms. The SMILES string of the molecule is O=C(NCc1ccc(CN2CCCCC2)cc1)C1CCCN(C(=O)Nc2ccccc2)C1. The number of hydrogen-bond donors (Lipinski definition) is 2. The van der Waals surface area contributed by atoms with E-state index in [1.54, 1.807) is 4.90 Å². The lowest BCUT2D eigenvalue weighted by Crippen LogP contribution is -2.46. The molecule has 170 valence electrons. The summed E-state index contributed by atoms with van der Waals surface area (Å²) in [5, 5.41) is 5.99. The largest absolute Gasteiger partial charge is 0.352 e. The highest BCUT2D eigenvalue weighted by Crippen LogP contribution is 2.19. The molecule has 32 heavy (non-hydrogen) atoms. The number of carbonyl (C=O) groups is 2. The molecule has 6 nitrogen and oxygen atoms in total. The average Bonchev–Trinajstić information content (AvgIpc) is 2.85. The minimum atomic E-state index is -0.163. The molecular formula is C26H34N4O2. The van der Waals surface area contributed by atoms with E-state index in [1.165, 1.54) is 37.9 Å². The Hall–Kier alpha value is -2.86. The normalized spacial score (nSPS) is 19.4. The molecule has 2 N–H and O–H groups in total. The molecule has 2 aromatic carbocycles. The zero-order chi connectivity index (χ0) is 22.2. The first-order chi connectivity index (χ1) is 15.7. The van der Waals surface area contributed by atoms with Crippen molar-refractivity contribution in [1.29, 1.82) is 0 Å². The number of carbonyl (C=O) groups excluding carboxylic acids is 2. The second kappa shape index (κ2) is 11.1. The lowest BCUT2D eigenvalue weighted by Gasteiger charge is -2.32. The van der Waals surface area contributed by atoms with Crippen molar-refractivity contribution in [1.82, 2.24) is 15.1 Å². The molecule has 2 saturated heterocycles. The summed E-state index contributed by atoms with van der Waals surface area (Å²) in [5.74, 6) is -0.136. The molecule has 0 aromatic heterocycles. The van der Waals surface area contributed by atoms with Gasteiger partial charge in [-0.05, 0) is 62.0 Å². The molecule has 2 aromatic rings. The van der Waals surface area contributed by atoms with Crippen LogP contribution in [0, 0.1) is 5.92 Å². The third-order valence-corrected chi connectivity index (χ3v) is 6.45. The third-order valence-electron chi connectivity index (χ3n) is 6.45. The highest BCUT2D eigenvalue weighted by molar-refractivity contribution is 5.90. The number of urea groups is 1. The summed E-state index contributed by atoms with van der Waals surface area (Å²) in [6.45, 7) is 5.06. The standard InChI is InChI=1S/C26H34N4O2/c31-25(23-8-7-17-30(20-23)26(32)28-24-9-3-1-4-10-24)27-18-21-11-13-22(14-12-21)19-29-15-5-2-6-16-29/h1,3-4,9-14,23H,2,5-8,15-20H2,(H,27,31)(H,28,32). The van der Waals surface area contributed by atoms with E-state index in [9.17, 15) is 9.59 Å². The van der Waals surface area contributed by atoms with E-state index in [2.05, 4.69) is 39.8 Å². The fraction of sp³-hybridized carbons (Fsp3) is 0.462. The molecule has 2 fully saturated rings. The number of benzene rings is 2. The highest BCUT2D eigenvalue weighted by Gasteiger charge is 2.28. The average molecular weight is 435 g/mol. The number of amides is 3. The maximum atomic E-state index is 12.8. The van der Waals surface area contributed by atoms with E-state index >= 15 is 0 Å². The lowest BCUT2D eigenvalue weighted by molar-refractivity contribution is -0.126. The van der Waals surface area contributed by atoms with Crippen LogP contribution in [-0.4, -0.2) is 47.9 Å². The van der Waals surface area contributed by atoms with Gasteiger partial charge in [-0.1, -0.05) is 48.9 Å². The van der Waals surface area contributed by atoms with Gasteiger partial charge < -0.3 is 15.5 Å². The second-order valence-electron chi connectivity index (χ2n) is 8.95. The summed E-state index contributed by atoms with van der Waals surface area (Å²) in [7, 11) is 0. The zero-order valence-electron chi connectivity index (χ0n) is 18.8. The van der Waals surface area contributed by atoms with E-state index in [0.717, 1.165) is 30.6 Å². The topological polar surface area (TPSA) is 64.7 Å². The minimum Gasteiger partial charge on any atom is -0.352 e. The first-order valence-corrected chi connectivity index (χ1v) is 11.9. The molecule has 2 aliphatic heterocycles. The van der Waals surface area contributed by atoms with Gasteiger partial charge in [-0.3, -0.25) is 9.69 Å². The highest BCUT2D eigenvalue weighted by atomic mass is 16.2. The molecule has 0 radical (unpaired) electrons. The van der Waals surface area contributed by atoms with Crippen LogP contribution in [0.3, 0.4) is 0 Å². The third kappa shape index (κ3) is 6.33. The first-order valence-electron chi connectivity index (χ1n) is 11.9. The molecule has 2 heterocycles. The summed E-state index contributed by atoms with van der Waals surface area (Å²) in [4.78, 5) is 29.6. The molecule has 4 rings (SSSR count). The fourth-order valence-electron chi connectivity index (χ4n) is 4.57. The molecule has 6 heteroatoms. The van der Waals surface area contributed by atoms with Crippen LogP contribution < -0.4 is 10.6 Å². The molecular weight excluding hydrogens is 400 g/mol. The van der Waals surface area contributed by atoms with Crippen LogP contribution in [0.2, 0.25) is 0 Å². The van der Waals surface area contributed by atoms with Gasteiger partial charge in [0.1, 0.15) is 0 Å². The maximum Gasteiger partial charge on any atom is 0.321 e. The Morgan fingerprint density at radius 2 is 1.56 bits per heavy atom. The second-order valence-corrected chi connectivity index (χ2v) is 8.95. The monoisotopic (exact) mass is 434 g/mol. The number of rotatable bonds is 6. The summed E-state index contributed by atoms with van der Waals surface area (Å²) in [5.41, 5.74) is 3.21. The van der Waals surface area contributed by atoms with Gasteiger partial charge >= 0.3 is 6.03 Å². The van der Waals surface area contributed by atoms with Gasteiger partial charge in [0.25, 0.3) is 0 Å². The van der Waals surface area contributed by atoms with Crippen LogP contribution >= 0.6 is 0 Å². The molecule has 0 saturated carbocycles. The number of piperidine rings is 2. The Morgan fingerprint density at radius 3 is 2.31 bits per heavy atom. The van der Waals surface area contributed by atoms with Crippen molar-refractivity contribution in [2.45, 2.75) is 45.2 Å². The molecule has 2 aliphatic rings. The van der Waals surface area contributed by atoms with Gasteiger partial charge in [0.05, 0.1) is 5.92 Å². The van der Waals surface area contributed by atoms with Crippen molar-refractivity contribution < 1.29 is 9.59 Å². The summed E-state index contributed by atoms with van der Waals surface area (Å²) in [6.07, 6.45) is 5.61. The van der Waals surface area contributed by atoms with Crippen molar-refractivity contribution in [3.05, 3.63) is 65.7 Å². The van der Waals surface area contributed by atoms with Crippen molar-refractivity contribution in [3.8, 4) is 0 Å². The van der Waals surface area contributed by atoms with E-state index in [4.69, 9.17) is 0 Å². The van der Waals surface area contributed by atoms with Crippen molar-refractivity contribution in [3.63, 3.8) is 0 Å². The Bertz CT molecular complexity index is 878. The molecule has 1 atom stereocenters. The van der Waals surface area contributed by atoms with Crippen LogP contribution in [0.15, 0.2) is 54.6 Å². The molecule has 3 amide bonds. The number of hydrogen-bond acceptors (Lipinski definition) is 3. The smallest absolute Gasteiger partial charge is 0.321 e. The number of anilines is 1. The van der Waals surface area contributed by atoms with Crippen LogP contribution in [-0.2, 0) is 17.9 Å². The molecule has 1 unspecified atom stereocenters. The van der Waals surface area contributed by atoms with Crippen LogP contribution in [0.5, 0.6) is 0 Å². The lowest BCUT2D eigenvalue weighted by atomic mass is 9.97. The minimum absolute atomic E-state index is 0.0274. The number of nitrogens with zero attached hydrogens (tertiary/aromatic N) is 2. The van der Waals surface area contributed by atoms with Gasteiger partial charge in [0, 0.05) is 31.9 Å². The summed E-state index contributed by atoms with van der Waals surface area (Å²) < 4.78 is 0. The van der Waals surface area contributed by atoms with Gasteiger partial charge in [0.2, 0.25) is 5.91 Å². The van der Waals surface area contributed by atoms with Gasteiger partial charge in [0.15, 0.2) is 0 Å². The number of para-hydroxylation sites is 1. The van der Waals surface area contributed by atoms with E-state index in [-0.39, 0.29) is 17.9 Å². The Morgan fingerprint density at radius 1 is 0.844 bits per heavy atom. The van der Waals surface area contributed by atoms with Gasteiger partial charge in [-0.2, -0.15) is 0 Å². The van der Waals surface area contributed by atoms with Crippen LogP contribution in [0.1, 0.15) is 43.2 Å². The van der Waals surface area contributed by atoms with E-state index in [0.29, 0.717) is 19.6 Å². The van der Waals surface area contributed by atoms with Crippen LogP contribution in [0.25, 0.3) is 0 Å². The van der Waals surface area contributed by atoms with E-state index in [1.807, 2.05) is 30.3 Å². The quantitative estimate of drug-likeness (QED) is 0.715. The molecule has 0 bridgehead atoms. The summed E-state index contributed by atoms with van der Waals surface area (Å²) >= 11 is 0. The maximum absolute atomic E-state index is 12.8. The predicted molar refractivity (Wildman–Crippen MR) is 127 cm³/mol. The zero-order valence-corrected chi connectivity index (χ0v) is 18.8. The fourth-order valence-corrected chi connectivity index (χ4v) is 4.57.